The van der Waals surface area contributed by atoms with Crippen molar-refractivity contribution >= 4 is 44.2 Å². The zero-order valence-corrected chi connectivity index (χ0v) is 31.0. The first-order chi connectivity index (χ1) is 25.1. The summed E-state index contributed by atoms with van der Waals surface area (Å²) < 4.78 is 87.5. The van der Waals surface area contributed by atoms with Crippen LogP contribution < -0.4 is 21.1 Å². The molecule has 0 radical (unpaired) electrons. The first kappa shape index (κ1) is 39.0. The van der Waals surface area contributed by atoms with Crippen molar-refractivity contribution in [1.29, 1.82) is 5.41 Å². The second-order valence-electron chi connectivity index (χ2n) is 14.0. The number of sulfonamides is 1. The van der Waals surface area contributed by atoms with Gasteiger partial charge in [0.25, 0.3) is 5.92 Å². The van der Waals surface area contributed by atoms with Crippen molar-refractivity contribution in [2.24, 2.45) is 24.6 Å². The number of aryl methyl sites for hydroxylation is 1. The maximum Gasteiger partial charge on any atom is 0.291 e. The molecule has 4 atom stereocenters. The van der Waals surface area contributed by atoms with Gasteiger partial charge in [-0.15, -0.1) is 0 Å². The first-order valence-corrected chi connectivity index (χ1v) is 18.9. The lowest BCUT2D eigenvalue weighted by Crippen LogP contribution is -2.44. The molecule has 1 saturated carbocycles. The first-order valence-electron chi connectivity index (χ1n) is 16.6. The lowest BCUT2D eigenvalue weighted by molar-refractivity contribution is 0.0126. The number of anilines is 1. The summed E-state index contributed by atoms with van der Waals surface area (Å²) in [7, 11) is -2.22. The summed E-state index contributed by atoms with van der Waals surface area (Å²) in [6, 6.07) is 8.15. The fraction of sp³-hybridized carbons (Fsp3) is 0.361. The van der Waals surface area contributed by atoms with Gasteiger partial charge in [0.2, 0.25) is 10.0 Å². The molecule has 6 rings (SSSR count). The van der Waals surface area contributed by atoms with Crippen LogP contribution in [0.1, 0.15) is 43.3 Å². The summed E-state index contributed by atoms with van der Waals surface area (Å²) in [4.78, 5) is 4.77. The van der Waals surface area contributed by atoms with E-state index in [-0.39, 0.29) is 51.6 Å². The number of hydrogen-bond acceptors (Lipinski definition) is 9. The number of benzene rings is 2. The topological polar surface area (TPSA) is 191 Å². The molecule has 286 valence electrons. The quantitative estimate of drug-likeness (QED) is 0.0361. The molecule has 12 nitrogen and oxygen atoms in total. The number of fused-ring (bicyclic) bond motifs is 2. The maximum absolute atomic E-state index is 15.2. The largest absolute Gasteiger partial charge is 0.384 e. The lowest BCUT2D eigenvalue weighted by Gasteiger charge is -2.27. The van der Waals surface area contributed by atoms with Gasteiger partial charge in [0.05, 0.1) is 46.2 Å². The lowest BCUT2D eigenvalue weighted by atomic mass is 9.93. The second-order valence-corrected chi connectivity index (χ2v) is 16.1. The number of allylic oxidation sites excluding steroid dienone is 1. The summed E-state index contributed by atoms with van der Waals surface area (Å²) >= 11 is 6.58. The minimum atomic E-state index is -3.78. The number of pyridine rings is 1. The van der Waals surface area contributed by atoms with Crippen molar-refractivity contribution in [1.82, 2.24) is 25.4 Å². The molecule has 18 heteroatoms. The third kappa shape index (κ3) is 8.17. The Labute approximate surface area is 313 Å². The third-order valence-electron chi connectivity index (χ3n) is 9.01. The molecule has 2 aromatic carbocycles. The molecule has 1 fully saturated rings. The van der Waals surface area contributed by atoms with Crippen molar-refractivity contribution in [3.05, 3.63) is 87.3 Å². The van der Waals surface area contributed by atoms with Gasteiger partial charge in [-0.2, -0.15) is 13.9 Å². The van der Waals surface area contributed by atoms with Gasteiger partial charge in [0.15, 0.2) is 5.82 Å². The van der Waals surface area contributed by atoms with Gasteiger partial charge in [-0.05, 0) is 74.4 Å². The Morgan fingerprint density at radius 2 is 1.85 bits per heavy atom. The van der Waals surface area contributed by atoms with Gasteiger partial charge in [0.1, 0.15) is 35.0 Å². The van der Waals surface area contributed by atoms with Crippen LogP contribution in [-0.2, 0) is 23.5 Å². The number of rotatable bonds is 12. The van der Waals surface area contributed by atoms with E-state index in [1.54, 1.807) is 25.2 Å². The predicted octanol–water partition coefficient (Wildman–Crippen LogP) is 4.32. The minimum absolute atomic E-state index is 0.00122. The molecule has 0 amide bonds. The molecule has 2 aliphatic rings. The molecule has 4 aromatic rings. The van der Waals surface area contributed by atoms with Gasteiger partial charge < -0.3 is 21.3 Å². The molecule has 4 unspecified atom stereocenters. The Kier molecular flexibility index (Phi) is 10.2. The van der Waals surface area contributed by atoms with Crippen LogP contribution in [0.2, 0.25) is 5.02 Å². The number of nitrogens with zero attached hydrogens (tertiary/aromatic N) is 3. The predicted molar refractivity (Wildman–Crippen MR) is 196 cm³/mol. The average molecular weight is 789 g/mol. The van der Waals surface area contributed by atoms with E-state index in [9.17, 15) is 27.4 Å². The molecule has 2 aliphatic carbocycles. The Bertz CT molecular complexity index is 2370. The van der Waals surface area contributed by atoms with Crippen LogP contribution in [0.25, 0.3) is 22.0 Å². The SMILES string of the molecule is Cn1nc(NS(C)(=O)=O)c2c(Cl)ccc(-c3ccc(C#CC(C)(C)O)nc3C(Cc3cc(F)cc(F)c3)NC(O)CNC3=C(C(=N)N)C4CC4C3(F)F)c21. The highest BCUT2D eigenvalue weighted by Gasteiger charge is 2.65. The van der Waals surface area contributed by atoms with Crippen molar-refractivity contribution in [3.63, 3.8) is 0 Å². The van der Waals surface area contributed by atoms with Crippen molar-refractivity contribution < 1.29 is 36.2 Å². The number of halogens is 5. The van der Waals surface area contributed by atoms with E-state index >= 15 is 8.78 Å². The van der Waals surface area contributed by atoms with Gasteiger partial charge in [-0.25, -0.2) is 22.2 Å². The summed E-state index contributed by atoms with van der Waals surface area (Å²) in [6.45, 7) is 2.46. The van der Waals surface area contributed by atoms with Crippen molar-refractivity contribution in [3.8, 4) is 23.0 Å². The van der Waals surface area contributed by atoms with Crippen molar-refractivity contribution in [2.75, 3.05) is 17.5 Å². The fourth-order valence-electron chi connectivity index (χ4n) is 6.80. The Balaban J connectivity index is 1.49. The van der Waals surface area contributed by atoms with Crippen molar-refractivity contribution in [2.45, 2.75) is 50.5 Å². The highest BCUT2D eigenvalue weighted by atomic mass is 35.5. The second kappa shape index (κ2) is 14.2. The molecule has 0 bridgehead atoms. The number of aliphatic hydroxyl groups excluding tert-OH is 1. The van der Waals surface area contributed by atoms with E-state index in [2.05, 4.69) is 32.3 Å². The number of amidine groups is 1. The standard InChI is InChI=1S/C36H37ClF4N8O4S/c1-35(2,51)10-9-20-5-6-21(22-7-8-25(37)29-31(22)49(3)47-34(29)48-54(4,52)53)30(45-20)26(13-17-11-18(38)14-19(39)12-17)46-27(50)16-44-32-28(33(42)43)23-15-24(23)36(32,40)41/h5-8,11-12,14,23-24,26-27,44,46,50-51H,13,15-16H2,1-4H3,(H3,42,43)(H,47,48). The number of nitrogens with one attached hydrogen (secondary N) is 4. The van der Waals surface area contributed by atoms with Crippen LogP contribution in [0.3, 0.4) is 0 Å². The van der Waals surface area contributed by atoms with Crippen LogP contribution >= 0.6 is 11.6 Å². The van der Waals surface area contributed by atoms with Gasteiger partial charge in [-0.1, -0.05) is 23.6 Å². The molecule has 2 heterocycles. The highest BCUT2D eigenvalue weighted by Crippen LogP contribution is 2.62. The minimum Gasteiger partial charge on any atom is -0.384 e. The van der Waals surface area contributed by atoms with Crippen LogP contribution in [-0.4, -0.2) is 69.8 Å². The normalized spacial score (nSPS) is 18.9. The third-order valence-corrected chi connectivity index (χ3v) is 9.89. The molecule has 0 spiro atoms. The summed E-state index contributed by atoms with van der Waals surface area (Å²) in [5.41, 5.74) is 5.36. The van der Waals surface area contributed by atoms with Gasteiger partial charge in [-0.3, -0.25) is 20.1 Å². The van der Waals surface area contributed by atoms with Crippen LogP contribution in [0.4, 0.5) is 23.4 Å². The molecular formula is C36H37ClF4N8O4S. The summed E-state index contributed by atoms with van der Waals surface area (Å²) in [6.07, 6.45) is -0.629. The number of nitrogens with two attached hydrogens (primary N) is 1. The van der Waals surface area contributed by atoms with E-state index in [4.69, 9.17) is 27.7 Å². The zero-order valence-electron chi connectivity index (χ0n) is 29.4. The maximum atomic E-state index is 15.2. The van der Waals surface area contributed by atoms with Gasteiger partial charge >= 0.3 is 0 Å². The Morgan fingerprint density at radius 1 is 1.19 bits per heavy atom. The molecule has 8 N–H and O–H groups in total. The monoisotopic (exact) mass is 788 g/mol. The van der Waals surface area contributed by atoms with E-state index in [0.29, 0.717) is 22.7 Å². The highest BCUT2D eigenvalue weighted by molar-refractivity contribution is 7.92. The van der Waals surface area contributed by atoms with Crippen LogP contribution in [0.15, 0.2) is 53.7 Å². The molecule has 0 saturated heterocycles. The molecular weight excluding hydrogens is 752 g/mol. The molecule has 54 heavy (non-hydrogen) atoms. The van der Waals surface area contributed by atoms with E-state index in [1.807, 2.05) is 0 Å². The Hall–Kier alpha value is -4.73. The fourth-order valence-corrected chi connectivity index (χ4v) is 7.53. The smallest absolute Gasteiger partial charge is 0.291 e. The number of aliphatic hydroxyl groups is 2. The average Bonchev–Trinajstić information content (AvgIpc) is 3.72. The van der Waals surface area contributed by atoms with Gasteiger partial charge in [0, 0.05) is 35.7 Å². The molecule has 0 aliphatic heterocycles. The number of alkyl halides is 2. The summed E-state index contributed by atoms with van der Waals surface area (Å²) in [5.74, 6) is -1.62. The Morgan fingerprint density at radius 3 is 2.48 bits per heavy atom. The zero-order chi connectivity index (χ0) is 39.5. The van der Waals surface area contributed by atoms with E-state index in [1.165, 1.54) is 24.6 Å². The number of hydrogen-bond donors (Lipinski definition) is 7. The van der Waals surface area contributed by atoms with Crippen LogP contribution in [0, 0.1) is 40.7 Å². The number of aromatic nitrogens is 3. The summed E-state index contributed by atoms with van der Waals surface area (Å²) in [5, 5.41) is 39.8. The molecule has 2 aromatic heterocycles. The van der Waals surface area contributed by atoms with E-state index < -0.39 is 75.4 Å². The van der Waals surface area contributed by atoms with E-state index in [0.717, 1.165) is 18.4 Å². The van der Waals surface area contributed by atoms with Crippen LogP contribution in [0.5, 0.6) is 0 Å².